The van der Waals surface area contributed by atoms with Gasteiger partial charge in [-0.2, -0.15) is 0 Å². The highest BCUT2D eigenvalue weighted by Gasteiger charge is 2.34. The Bertz CT molecular complexity index is 450. The van der Waals surface area contributed by atoms with Gasteiger partial charge in [-0.3, -0.25) is 0 Å². The minimum atomic E-state index is -0.541. The molecule has 106 valence electrons. The van der Waals surface area contributed by atoms with Crippen LogP contribution >= 0.6 is 0 Å². The molecule has 1 rings (SSSR count). The molecule has 0 fully saturated rings. The van der Waals surface area contributed by atoms with E-state index >= 15 is 0 Å². The van der Waals surface area contributed by atoms with Gasteiger partial charge in [0.05, 0.1) is 37.2 Å². The molecule has 0 saturated heterocycles. The topological polar surface area (TPSA) is 84.9 Å². The first-order chi connectivity index (χ1) is 8.97. The van der Waals surface area contributed by atoms with Crippen molar-refractivity contribution in [1.29, 1.82) is 0 Å². The Morgan fingerprint density at radius 1 is 1.32 bits per heavy atom. The molecule has 0 aromatic heterocycles. The van der Waals surface area contributed by atoms with Gasteiger partial charge in [0.25, 0.3) is 0 Å². The summed E-state index contributed by atoms with van der Waals surface area (Å²) >= 11 is 0. The normalized spacial score (nSPS) is 19.1. The van der Waals surface area contributed by atoms with E-state index in [1.54, 1.807) is 20.8 Å². The van der Waals surface area contributed by atoms with Crippen LogP contribution in [0.3, 0.4) is 0 Å². The summed E-state index contributed by atoms with van der Waals surface area (Å²) in [6, 6.07) is 0. The summed E-state index contributed by atoms with van der Waals surface area (Å²) in [4.78, 5) is 23.7. The van der Waals surface area contributed by atoms with Crippen molar-refractivity contribution >= 4 is 11.9 Å². The molecule has 1 atom stereocenters. The second-order valence-electron chi connectivity index (χ2n) is 4.15. The Morgan fingerprint density at radius 2 is 1.95 bits per heavy atom. The lowest BCUT2D eigenvalue weighted by Crippen LogP contribution is -2.34. The van der Waals surface area contributed by atoms with Gasteiger partial charge in [0.15, 0.2) is 0 Å². The number of rotatable bonds is 4. The second kappa shape index (κ2) is 6.38. The molecule has 1 heterocycles. The highest BCUT2D eigenvalue weighted by Crippen LogP contribution is 2.30. The smallest absolute Gasteiger partial charge is 0.336 e. The first kappa shape index (κ1) is 15.2. The Balaban J connectivity index is 3.19. The molecule has 0 aromatic carbocycles. The molecular weight excluding hydrogens is 250 g/mol. The molecule has 0 amide bonds. The molecule has 0 saturated carbocycles. The summed E-state index contributed by atoms with van der Waals surface area (Å²) in [6.45, 7) is 4.99. The number of carbonyl (C=O) groups is 2. The molecule has 1 aliphatic rings. The Hall–Kier alpha value is -1.82. The summed E-state index contributed by atoms with van der Waals surface area (Å²) < 4.78 is 9.67. The van der Waals surface area contributed by atoms with Crippen LogP contribution in [0.1, 0.15) is 20.8 Å². The summed E-state index contributed by atoms with van der Waals surface area (Å²) in [5.41, 5.74) is 1.55. The van der Waals surface area contributed by atoms with Crippen molar-refractivity contribution in [3.05, 3.63) is 22.5 Å². The van der Waals surface area contributed by atoms with E-state index < -0.39 is 17.9 Å². The molecule has 2 N–H and O–H groups in total. The average molecular weight is 269 g/mol. The van der Waals surface area contributed by atoms with Crippen molar-refractivity contribution in [2.75, 3.05) is 20.3 Å². The molecule has 0 spiro atoms. The van der Waals surface area contributed by atoms with Crippen molar-refractivity contribution in [1.82, 2.24) is 5.32 Å². The molecule has 1 unspecified atom stereocenters. The molecule has 0 aliphatic carbocycles. The number of dihydropyridines is 1. The Labute approximate surface area is 112 Å². The molecule has 1 aliphatic heterocycles. The van der Waals surface area contributed by atoms with Crippen LogP contribution in [0.5, 0.6) is 0 Å². The largest absolute Gasteiger partial charge is 0.466 e. The number of esters is 2. The van der Waals surface area contributed by atoms with Crippen molar-refractivity contribution in [2.45, 2.75) is 20.8 Å². The molecule has 6 nitrogen and oxygen atoms in total. The van der Waals surface area contributed by atoms with Gasteiger partial charge in [-0.15, -0.1) is 0 Å². The highest BCUT2D eigenvalue weighted by molar-refractivity contribution is 5.97. The SMILES string of the molecule is CCOC(=O)C1=C(CO)NC(C)=C(C(=O)OC)C1C. The first-order valence-electron chi connectivity index (χ1n) is 6.05. The van der Waals surface area contributed by atoms with Crippen LogP contribution in [0.4, 0.5) is 0 Å². The van der Waals surface area contributed by atoms with Crippen LogP contribution in [0.15, 0.2) is 22.5 Å². The summed E-state index contributed by atoms with van der Waals surface area (Å²) in [5.74, 6) is -1.54. The Morgan fingerprint density at radius 3 is 2.42 bits per heavy atom. The standard InChI is InChI=1S/C13H19NO5/c1-5-19-13(17)11-7(2)10(12(16)18-4)8(3)14-9(11)6-15/h7,14-15H,5-6H2,1-4H3. The van der Waals surface area contributed by atoms with Gasteiger partial charge < -0.3 is 19.9 Å². The van der Waals surface area contributed by atoms with E-state index in [4.69, 9.17) is 9.47 Å². The number of allylic oxidation sites excluding steroid dienone is 1. The fourth-order valence-corrected chi connectivity index (χ4v) is 2.16. The van der Waals surface area contributed by atoms with Gasteiger partial charge in [0.2, 0.25) is 0 Å². The summed E-state index contributed by atoms with van der Waals surface area (Å²) in [7, 11) is 1.28. The molecule has 0 aromatic rings. The molecule has 19 heavy (non-hydrogen) atoms. The highest BCUT2D eigenvalue weighted by atomic mass is 16.5. The van der Waals surface area contributed by atoms with Crippen molar-refractivity contribution in [3.63, 3.8) is 0 Å². The van der Waals surface area contributed by atoms with Gasteiger partial charge >= 0.3 is 11.9 Å². The van der Waals surface area contributed by atoms with Gasteiger partial charge in [-0.1, -0.05) is 6.92 Å². The first-order valence-corrected chi connectivity index (χ1v) is 6.05. The van der Waals surface area contributed by atoms with E-state index in [0.717, 1.165) is 0 Å². The van der Waals surface area contributed by atoms with Crippen LogP contribution in [0, 0.1) is 5.92 Å². The van der Waals surface area contributed by atoms with Crippen LogP contribution in [0.25, 0.3) is 0 Å². The lowest BCUT2D eigenvalue weighted by atomic mass is 9.87. The number of carbonyl (C=O) groups excluding carboxylic acids is 2. The molecule has 0 bridgehead atoms. The lowest BCUT2D eigenvalue weighted by molar-refractivity contribution is -0.139. The third kappa shape index (κ3) is 2.96. The number of hydrogen-bond acceptors (Lipinski definition) is 6. The summed E-state index contributed by atoms with van der Waals surface area (Å²) in [5, 5.41) is 12.2. The van der Waals surface area contributed by atoms with E-state index in [0.29, 0.717) is 17.0 Å². The van der Waals surface area contributed by atoms with E-state index in [-0.39, 0.29) is 18.8 Å². The third-order valence-corrected chi connectivity index (χ3v) is 2.99. The molecule has 6 heteroatoms. The van der Waals surface area contributed by atoms with E-state index in [9.17, 15) is 14.7 Å². The minimum Gasteiger partial charge on any atom is -0.466 e. The number of ether oxygens (including phenoxy) is 2. The number of nitrogens with one attached hydrogen (secondary N) is 1. The second-order valence-corrected chi connectivity index (χ2v) is 4.15. The minimum absolute atomic E-state index is 0.226. The average Bonchev–Trinajstić information content (AvgIpc) is 2.37. The van der Waals surface area contributed by atoms with Gasteiger partial charge in [-0.25, -0.2) is 9.59 Å². The van der Waals surface area contributed by atoms with Gasteiger partial charge in [0.1, 0.15) is 0 Å². The maximum Gasteiger partial charge on any atom is 0.336 e. The van der Waals surface area contributed by atoms with Crippen LogP contribution < -0.4 is 5.32 Å². The number of aliphatic hydroxyl groups excluding tert-OH is 1. The van der Waals surface area contributed by atoms with E-state index in [1.807, 2.05) is 0 Å². The Kier molecular flexibility index (Phi) is 5.11. The number of methoxy groups -OCH3 is 1. The number of hydrogen-bond donors (Lipinski definition) is 2. The van der Waals surface area contributed by atoms with E-state index in [2.05, 4.69) is 5.32 Å². The summed E-state index contributed by atoms with van der Waals surface area (Å²) in [6.07, 6.45) is 0. The predicted molar refractivity (Wildman–Crippen MR) is 67.8 cm³/mol. The monoisotopic (exact) mass is 269 g/mol. The zero-order chi connectivity index (χ0) is 14.6. The molecule has 0 radical (unpaired) electrons. The van der Waals surface area contributed by atoms with Crippen LogP contribution in [-0.4, -0.2) is 37.4 Å². The number of aliphatic hydroxyl groups is 1. The zero-order valence-corrected chi connectivity index (χ0v) is 11.6. The van der Waals surface area contributed by atoms with Crippen LogP contribution in [0.2, 0.25) is 0 Å². The van der Waals surface area contributed by atoms with Crippen molar-refractivity contribution < 1.29 is 24.2 Å². The molecular formula is C13H19NO5. The fraction of sp³-hybridized carbons (Fsp3) is 0.538. The maximum atomic E-state index is 11.9. The van der Waals surface area contributed by atoms with Crippen molar-refractivity contribution in [3.8, 4) is 0 Å². The lowest BCUT2D eigenvalue weighted by Gasteiger charge is -2.28. The maximum absolute atomic E-state index is 11.9. The van der Waals surface area contributed by atoms with Gasteiger partial charge in [-0.05, 0) is 13.8 Å². The quantitative estimate of drug-likeness (QED) is 0.722. The van der Waals surface area contributed by atoms with Gasteiger partial charge in [0, 0.05) is 11.6 Å². The zero-order valence-electron chi connectivity index (χ0n) is 11.6. The fourth-order valence-electron chi connectivity index (χ4n) is 2.16. The van der Waals surface area contributed by atoms with Crippen molar-refractivity contribution in [2.24, 2.45) is 5.92 Å². The third-order valence-electron chi connectivity index (χ3n) is 2.99. The van der Waals surface area contributed by atoms with Crippen LogP contribution in [-0.2, 0) is 19.1 Å². The predicted octanol–water partition coefficient (Wildman–Crippen LogP) is 0.482. The van der Waals surface area contributed by atoms with E-state index in [1.165, 1.54) is 7.11 Å².